The quantitative estimate of drug-likeness (QED) is 0.359. The number of halogens is 1. The third-order valence-corrected chi connectivity index (χ3v) is 5.35. The van der Waals surface area contributed by atoms with Crippen LogP contribution < -0.4 is 5.32 Å². The molecule has 7 heteroatoms. The summed E-state index contributed by atoms with van der Waals surface area (Å²) in [5.41, 5.74) is -0.00563. The molecule has 0 unspecified atom stereocenters. The van der Waals surface area contributed by atoms with E-state index in [1.165, 1.54) is 12.1 Å². The number of fused-ring (bicyclic) bond motifs is 1. The first-order valence-electron chi connectivity index (χ1n) is 9.53. The molecule has 31 heavy (non-hydrogen) atoms. The summed E-state index contributed by atoms with van der Waals surface area (Å²) in [5.74, 6) is -1.19. The zero-order valence-electron chi connectivity index (χ0n) is 17.0. The Morgan fingerprint density at radius 1 is 1.10 bits per heavy atom. The molecule has 160 valence electrons. The molecule has 0 radical (unpaired) electrons. The second kappa shape index (κ2) is 9.22. The maximum atomic E-state index is 12.9. The summed E-state index contributed by atoms with van der Waals surface area (Å²) < 4.78 is 6.43. The van der Waals surface area contributed by atoms with E-state index in [1.807, 2.05) is 36.4 Å². The molecule has 0 fully saturated rings. The Morgan fingerprint density at radius 3 is 2.55 bits per heavy atom. The average Bonchev–Trinajstić information content (AvgIpc) is 2.73. The highest BCUT2D eigenvalue weighted by molar-refractivity contribution is 9.10. The molecule has 0 saturated heterocycles. The fraction of sp³-hybridized carbons (Fsp3) is 0.167. The number of aromatic hydroxyl groups is 1. The zero-order valence-corrected chi connectivity index (χ0v) is 18.6. The van der Waals surface area contributed by atoms with Crippen LogP contribution >= 0.6 is 15.9 Å². The van der Waals surface area contributed by atoms with E-state index in [4.69, 9.17) is 9.84 Å². The van der Waals surface area contributed by atoms with Crippen molar-refractivity contribution in [3.63, 3.8) is 0 Å². The van der Waals surface area contributed by atoms with Crippen LogP contribution in [0.3, 0.4) is 0 Å². The minimum atomic E-state index is -1.12. The lowest BCUT2D eigenvalue weighted by molar-refractivity contribution is -0.131. The molecule has 1 atom stereocenters. The number of carboxylic acids is 1. The standard InChI is InChI=1S/C24H22BrNO5/c1-24(2,13-12-21(28)29)22(18-14-16(25)10-11-20(18)27)31-23(30)26-19-9-5-7-15-6-3-4-8-17(15)19/h3-14,22,27H,1-2H3,(H,26,30)(H,28,29)/b13-12+/t22-/m0/s1. The van der Waals surface area contributed by atoms with Crippen molar-refractivity contribution in [2.45, 2.75) is 20.0 Å². The van der Waals surface area contributed by atoms with Gasteiger partial charge in [-0.2, -0.15) is 0 Å². The number of carboxylic acid groups (broad SMARTS) is 1. The molecule has 0 aliphatic rings. The first-order chi connectivity index (χ1) is 14.7. The number of phenols is 1. The van der Waals surface area contributed by atoms with Crippen molar-refractivity contribution in [3.8, 4) is 5.75 Å². The lowest BCUT2D eigenvalue weighted by Gasteiger charge is -2.32. The third-order valence-electron chi connectivity index (χ3n) is 4.85. The lowest BCUT2D eigenvalue weighted by atomic mass is 9.81. The number of anilines is 1. The van der Waals surface area contributed by atoms with Crippen molar-refractivity contribution in [3.05, 3.63) is 82.9 Å². The van der Waals surface area contributed by atoms with E-state index >= 15 is 0 Å². The molecular formula is C24H22BrNO5. The monoisotopic (exact) mass is 483 g/mol. The van der Waals surface area contributed by atoms with Crippen LogP contribution in [0, 0.1) is 5.41 Å². The van der Waals surface area contributed by atoms with Crippen molar-refractivity contribution in [1.82, 2.24) is 0 Å². The summed E-state index contributed by atoms with van der Waals surface area (Å²) in [6.45, 7) is 3.45. The Labute approximate surface area is 188 Å². The van der Waals surface area contributed by atoms with Gasteiger partial charge in [-0.1, -0.05) is 72.3 Å². The molecule has 3 rings (SSSR count). The molecule has 0 heterocycles. The van der Waals surface area contributed by atoms with Gasteiger partial charge in [-0.15, -0.1) is 0 Å². The van der Waals surface area contributed by atoms with Crippen LogP contribution in [0.5, 0.6) is 5.75 Å². The van der Waals surface area contributed by atoms with E-state index in [9.17, 15) is 14.7 Å². The molecule has 3 N–H and O–H groups in total. The molecule has 3 aromatic rings. The summed E-state index contributed by atoms with van der Waals surface area (Å²) in [6, 6.07) is 17.9. The zero-order chi connectivity index (χ0) is 22.6. The molecule has 0 aromatic heterocycles. The number of nitrogens with one attached hydrogen (secondary N) is 1. The van der Waals surface area contributed by atoms with Gasteiger partial charge in [0.25, 0.3) is 0 Å². The van der Waals surface area contributed by atoms with Gasteiger partial charge in [-0.05, 0) is 29.7 Å². The Bertz CT molecular complexity index is 1150. The van der Waals surface area contributed by atoms with E-state index in [0.717, 1.165) is 16.8 Å². The lowest BCUT2D eigenvalue weighted by Crippen LogP contribution is -2.28. The fourth-order valence-corrected chi connectivity index (χ4v) is 3.68. The molecule has 0 aliphatic carbocycles. The number of carbonyl (C=O) groups is 2. The predicted octanol–water partition coefficient (Wildman–Crippen LogP) is 6.26. The topological polar surface area (TPSA) is 95.9 Å². The van der Waals surface area contributed by atoms with Crippen LogP contribution in [0.4, 0.5) is 10.5 Å². The van der Waals surface area contributed by atoms with Crippen LogP contribution in [-0.2, 0) is 9.53 Å². The number of amides is 1. The van der Waals surface area contributed by atoms with Gasteiger partial charge in [0.05, 0.1) is 5.69 Å². The summed E-state index contributed by atoms with van der Waals surface area (Å²) in [5, 5.41) is 24.0. The highest BCUT2D eigenvalue weighted by Crippen LogP contribution is 2.42. The molecule has 6 nitrogen and oxygen atoms in total. The first-order valence-corrected chi connectivity index (χ1v) is 10.3. The Kier molecular flexibility index (Phi) is 6.65. The van der Waals surface area contributed by atoms with Crippen molar-refractivity contribution >= 4 is 44.5 Å². The maximum absolute atomic E-state index is 12.9. The molecule has 0 spiro atoms. The highest BCUT2D eigenvalue weighted by atomic mass is 79.9. The van der Waals surface area contributed by atoms with E-state index in [1.54, 1.807) is 32.0 Å². The van der Waals surface area contributed by atoms with Crippen LogP contribution in [-0.4, -0.2) is 22.3 Å². The Balaban J connectivity index is 1.95. The SMILES string of the molecule is CC(C)(/C=C/C(=O)O)[C@@H](OC(=O)Nc1cccc2ccccc12)c1cc(Br)ccc1O. The largest absolute Gasteiger partial charge is 0.508 e. The van der Waals surface area contributed by atoms with Crippen molar-refractivity contribution in [2.24, 2.45) is 5.41 Å². The highest BCUT2D eigenvalue weighted by Gasteiger charge is 2.34. The molecular weight excluding hydrogens is 462 g/mol. The van der Waals surface area contributed by atoms with Gasteiger partial charge in [-0.3, -0.25) is 5.32 Å². The van der Waals surface area contributed by atoms with Gasteiger partial charge < -0.3 is 14.9 Å². The van der Waals surface area contributed by atoms with Crippen LogP contribution in [0.2, 0.25) is 0 Å². The second-order valence-corrected chi connectivity index (χ2v) is 8.55. The summed E-state index contributed by atoms with van der Waals surface area (Å²) in [6.07, 6.45) is 0.743. The second-order valence-electron chi connectivity index (χ2n) is 7.63. The summed E-state index contributed by atoms with van der Waals surface area (Å²) in [4.78, 5) is 23.9. The van der Waals surface area contributed by atoms with E-state index in [0.29, 0.717) is 15.7 Å². The van der Waals surface area contributed by atoms with Crippen LogP contribution in [0.15, 0.2) is 77.3 Å². The number of rotatable bonds is 6. The maximum Gasteiger partial charge on any atom is 0.412 e. The van der Waals surface area contributed by atoms with Gasteiger partial charge in [0.1, 0.15) is 11.9 Å². The fourth-order valence-electron chi connectivity index (χ4n) is 3.31. The molecule has 0 saturated carbocycles. The van der Waals surface area contributed by atoms with Crippen molar-refractivity contribution in [2.75, 3.05) is 5.32 Å². The summed E-state index contributed by atoms with van der Waals surface area (Å²) >= 11 is 3.36. The number of ether oxygens (including phenoxy) is 1. The Hall–Kier alpha value is -3.32. The van der Waals surface area contributed by atoms with Gasteiger partial charge in [-0.25, -0.2) is 9.59 Å². The number of phenolic OH excluding ortho intramolecular Hbond substituents is 1. The number of aliphatic carboxylic acids is 1. The van der Waals surface area contributed by atoms with Gasteiger partial charge >= 0.3 is 12.1 Å². The van der Waals surface area contributed by atoms with Gasteiger partial charge in [0.2, 0.25) is 0 Å². The molecule has 3 aromatic carbocycles. The first kappa shape index (κ1) is 22.4. The van der Waals surface area contributed by atoms with E-state index in [-0.39, 0.29) is 5.75 Å². The number of benzene rings is 3. The predicted molar refractivity (Wildman–Crippen MR) is 123 cm³/mol. The molecule has 0 aliphatic heterocycles. The smallest absolute Gasteiger partial charge is 0.412 e. The number of hydrogen-bond donors (Lipinski definition) is 3. The number of hydrogen-bond acceptors (Lipinski definition) is 4. The third kappa shape index (κ3) is 5.44. The molecule has 0 bridgehead atoms. The van der Waals surface area contributed by atoms with Crippen LogP contribution in [0.1, 0.15) is 25.5 Å². The van der Waals surface area contributed by atoms with Crippen molar-refractivity contribution < 1.29 is 24.5 Å². The van der Waals surface area contributed by atoms with Gasteiger partial charge in [0.15, 0.2) is 0 Å². The molecule has 1 amide bonds. The average molecular weight is 484 g/mol. The number of carbonyl (C=O) groups excluding carboxylic acids is 1. The van der Waals surface area contributed by atoms with Crippen molar-refractivity contribution in [1.29, 1.82) is 0 Å². The van der Waals surface area contributed by atoms with Gasteiger partial charge in [0, 0.05) is 26.9 Å². The van der Waals surface area contributed by atoms with E-state index < -0.39 is 23.6 Å². The summed E-state index contributed by atoms with van der Waals surface area (Å²) in [7, 11) is 0. The van der Waals surface area contributed by atoms with Crippen LogP contribution in [0.25, 0.3) is 10.8 Å². The Morgan fingerprint density at radius 2 is 1.81 bits per heavy atom. The van der Waals surface area contributed by atoms with E-state index in [2.05, 4.69) is 21.2 Å². The minimum absolute atomic E-state index is 0.0667. The normalized spacial score (nSPS) is 12.6. The minimum Gasteiger partial charge on any atom is -0.508 e.